The van der Waals surface area contributed by atoms with Gasteiger partial charge in [-0.2, -0.15) is 0 Å². The highest BCUT2D eigenvalue weighted by atomic mass is 16.5. The van der Waals surface area contributed by atoms with Gasteiger partial charge in [-0.05, 0) is 31.0 Å². The number of methoxy groups -OCH3 is 1. The number of rotatable bonds is 4. The minimum atomic E-state index is 0.459. The monoisotopic (exact) mass is 193 g/mol. The second-order valence-electron chi connectivity index (χ2n) is 3.58. The van der Waals surface area contributed by atoms with Crippen molar-refractivity contribution in [3.8, 4) is 5.75 Å². The quantitative estimate of drug-likeness (QED) is 0.743. The summed E-state index contributed by atoms with van der Waals surface area (Å²) >= 11 is 0. The van der Waals surface area contributed by atoms with Crippen LogP contribution in [0.1, 0.15) is 18.4 Å². The molecule has 0 unspecified atom stereocenters. The predicted octanol–water partition coefficient (Wildman–Crippen LogP) is 1.96. The topological polar surface area (TPSA) is 44.5 Å². The van der Waals surface area contributed by atoms with Crippen LogP contribution in [0.25, 0.3) is 0 Å². The van der Waals surface area contributed by atoms with Crippen LogP contribution in [0.3, 0.4) is 0 Å². The third-order valence-electron chi connectivity index (χ3n) is 2.35. The van der Waals surface area contributed by atoms with Crippen molar-refractivity contribution in [2.24, 2.45) is 0 Å². The Bertz CT molecular complexity index is 321. The molecular weight excluding hydrogens is 178 g/mol. The van der Waals surface area contributed by atoms with E-state index >= 15 is 0 Å². The maximum absolute atomic E-state index is 5.82. The summed E-state index contributed by atoms with van der Waals surface area (Å²) in [6, 6.07) is 5.64. The zero-order chi connectivity index (χ0) is 9.97. The fraction of sp³-hybridized carbons (Fsp3) is 0.455. The van der Waals surface area contributed by atoms with E-state index < -0.39 is 0 Å². The van der Waals surface area contributed by atoms with Crippen LogP contribution in [0.15, 0.2) is 18.2 Å². The van der Waals surface area contributed by atoms with E-state index in [1.165, 1.54) is 12.8 Å². The first-order valence-corrected chi connectivity index (χ1v) is 4.83. The van der Waals surface area contributed by atoms with Crippen LogP contribution in [-0.4, -0.2) is 13.2 Å². The number of anilines is 1. The van der Waals surface area contributed by atoms with E-state index in [0.717, 1.165) is 17.0 Å². The maximum atomic E-state index is 5.82. The van der Waals surface area contributed by atoms with Gasteiger partial charge in [0.05, 0.1) is 19.8 Å². The molecule has 0 aliphatic heterocycles. The van der Waals surface area contributed by atoms with Gasteiger partial charge in [-0.15, -0.1) is 0 Å². The van der Waals surface area contributed by atoms with Gasteiger partial charge in [0.25, 0.3) is 0 Å². The molecule has 2 N–H and O–H groups in total. The van der Waals surface area contributed by atoms with Gasteiger partial charge in [0.1, 0.15) is 5.75 Å². The summed E-state index contributed by atoms with van der Waals surface area (Å²) in [5.74, 6) is 0.827. The Morgan fingerprint density at radius 1 is 1.43 bits per heavy atom. The molecule has 1 aromatic carbocycles. The smallest absolute Gasteiger partial charge is 0.119 e. The number of ether oxygens (including phenoxy) is 2. The summed E-state index contributed by atoms with van der Waals surface area (Å²) in [5.41, 5.74) is 7.60. The highest BCUT2D eigenvalue weighted by molar-refractivity contribution is 5.50. The molecule has 1 aliphatic rings. The summed E-state index contributed by atoms with van der Waals surface area (Å²) < 4.78 is 10.7. The fourth-order valence-corrected chi connectivity index (χ4v) is 1.28. The van der Waals surface area contributed by atoms with Crippen LogP contribution < -0.4 is 10.5 Å². The zero-order valence-electron chi connectivity index (χ0n) is 8.32. The molecule has 2 rings (SSSR count). The molecule has 1 fully saturated rings. The predicted molar refractivity (Wildman–Crippen MR) is 55.2 cm³/mol. The van der Waals surface area contributed by atoms with Crippen molar-refractivity contribution in [3.63, 3.8) is 0 Å². The minimum Gasteiger partial charge on any atom is -0.497 e. The van der Waals surface area contributed by atoms with Gasteiger partial charge in [0.15, 0.2) is 0 Å². The molecule has 3 nitrogen and oxygen atoms in total. The Morgan fingerprint density at radius 3 is 2.86 bits per heavy atom. The second kappa shape index (κ2) is 3.88. The van der Waals surface area contributed by atoms with E-state index in [2.05, 4.69) is 0 Å². The molecule has 0 amide bonds. The highest BCUT2D eigenvalue weighted by Crippen LogP contribution is 2.27. The van der Waals surface area contributed by atoms with Crippen LogP contribution in [0.4, 0.5) is 5.69 Å². The largest absolute Gasteiger partial charge is 0.497 e. The molecule has 0 bridgehead atoms. The van der Waals surface area contributed by atoms with E-state index in [-0.39, 0.29) is 0 Å². The van der Waals surface area contributed by atoms with E-state index in [1.54, 1.807) is 7.11 Å². The summed E-state index contributed by atoms with van der Waals surface area (Å²) in [5, 5.41) is 0. The summed E-state index contributed by atoms with van der Waals surface area (Å²) in [7, 11) is 1.65. The van der Waals surface area contributed by atoms with Gasteiger partial charge in [-0.25, -0.2) is 0 Å². The SMILES string of the molecule is COc1ccc(N)c(COC2CC2)c1. The van der Waals surface area contributed by atoms with Gasteiger partial charge < -0.3 is 15.2 Å². The molecule has 76 valence electrons. The first kappa shape index (κ1) is 9.34. The standard InChI is InChI=1S/C11H15NO2/c1-13-10-4-5-11(12)8(6-10)7-14-9-2-3-9/h4-6,9H,2-3,7,12H2,1H3. The molecule has 0 heterocycles. The van der Waals surface area contributed by atoms with E-state index in [9.17, 15) is 0 Å². The molecule has 0 saturated heterocycles. The average molecular weight is 193 g/mol. The van der Waals surface area contributed by atoms with Crippen molar-refractivity contribution >= 4 is 5.69 Å². The van der Waals surface area contributed by atoms with Gasteiger partial charge in [-0.1, -0.05) is 0 Å². The van der Waals surface area contributed by atoms with Crippen LogP contribution >= 0.6 is 0 Å². The first-order valence-electron chi connectivity index (χ1n) is 4.83. The van der Waals surface area contributed by atoms with E-state index in [0.29, 0.717) is 12.7 Å². The molecule has 0 radical (unpaired) electrons. The number of benzene rings is 1. The van der Waals surface area contributed by atoms with Gasteiger partial charge >= 0.3 is 0 Å². The Hall–Kier alpha value is -1.22. The van der Waals surface area contributed by atoms with E-state index in [4.69, 9.17) is 15.2 Å². The third-order valence-corrected chi connectivity index (χ3v) is 2.35. The number of nitrogen functional groups attached to an aromatic ring is 1. The minimum absolute atomic E-state index is 0.459. The number of nitrogens with two attached hydrogens (primary N) is 1. The zero-order valence-corrected chi connectivity index (χ0v) is 8.32. The van der Waals surface area contributed by atoms with Gasteiger partial charge in [0, 0.05) is 11.3 Å². The molecule has 14 heavy (non-hydrogen) atoms. The van der Waals surface area contributed by atoms with Crippen molar-refractivity contribution in [3.05, 3.63) is 23.8 Å². The van der Waals surface area contributed by atoms with Crippen molar-refractivity contribution < 1.29 is 9.47 Å². The Morgan fingerprint density at radius 2 is 2.21 bits per heavy atom. The van der Waals surface area contributed by atoms with Crippen LogP contribution in [0.5, 0.6) is 5.75 Å². The molecule has 0 atom stereocenters. The van der Waals surface area contributed by atoms with Crippen molar-refractivity contribution in [1.82, 2.24) is 0 Å². The van der Waals surface area contributed by atoms with Crippen molar-refractivity contribution in [2.75, 3.05) is 12.8 Å². The lowest BCUT2D eigenvalue weighted by molar-refractivity contribution is 0.106. The highest BCUT2D eigenvalue weighted by Gasteiger charge is 2.22. The molecule has 0 aromatic heterocycles. The lowest BCUT2D eigenvalue weighted by Crippen LogP contribution is -1.99. The summed E-state index contributed by atoms with van der Waals surface area (Å²) in [6.07, 6.45) is 2.83. The number of hydrogen-bond acceptors (Lipinski definition) is 3. The average Bonchev–Trinajstić information content (AvgIpc) is 3.00. The van der Waals surface area contributed by atoms with Gasteiger partial charge in [-0.3, -0.25) is 0 Å². The second-order valence-corrected chi connectivity index (χ2v) is 3.58. The van der Waals surface area contributed by atoms with Crippen molar-refractivity contribution in [1.29, 1.82) is 0 Å². The Labute approximate surface area is 83.8 Å². The third kappa shape index (κ3) is 2.17. The Balaban J connectivity index is 2.04. The van der Waals surface area contributed by atoms with Crippen LogP contribution in [0.2, 0.25) is 0 Å². The number of hydrogen-bond donors (Lipinski definition) is 1. The molecular formula is C11H15NO2. The summed E-state index contributed by atoms with van der Waals surface area (Å²) in [4.78, 5) is 0. The van der Waals surface area contributed by atoms with E-state index in [1.807, 2.05) is 18.2 Å². The normalized spacial score (nSPS) is 15.5. The van der Waals surface area contributed by atoms with Crippen LogP contribution in [0, 0.1) is 0 Å². The first-order chi connectivity index (χ1) is 6.79. The lowest BCUT2D eigenvalue weighted by Gasteiger charge is -2.08. The molecule has 0 spiro atoms. The molecule has 1 saturated carbocycles. The van der Waals surface area contributed by atoms with Crippen molar-refractivity contribution in [2.45, 2.75) is 25.6 Å². The molecule has 1 aliphatic carbocycles. The molecule has 3 heteroatoms. The lowest BCUT2D eigenvalue weighted by atomic mass is 10.2. The maximum Gasteiger partial charge on any atom is 0.119 e. The van der Waals surface area contributed by atoms with Crippen LogP contribution in [-0.2, 0) is 11.3 Å². The fourth-order valence-electron chi connectivity index (χ4n) is 1.28. The summed E-state index contributed by atoms with van der Waals surface area (Å²) in [6.45, 7) is 0.591. The molecule has 1 aromatic rings. The van der Waals surface area contributed by atoms with Gasteiger partial charge in [0.2, 0.25) is 0 Å². The Kier molecular flexibility index (Phi) is 2.59.